The van der Waals surface area contributed by atoms with Gasteiger partial charge in [0.05, 0.1) is 17.9 Å². The highest BCUT2D eigenvalue weighted by Crippen LogP contribution is 2.16. The Labute approximate surface area is 152 Å². The molecule has 0 fully saturated rings. The number of hydrogen-bond donors (Lipinski definition) is 3. The molecule has 0 bridgehead atoms. The van der Waals surface area contributed by atoms with E-state index < -0.39 is 27.8 Å². The van der Waals surface area contributed by atoms with Crippen LogP contribution >= 0.6 is 0 Å². The summed E-state index contributed by atoms with van der Waals surface area (Å²) in [5, 5.41) is 13.2. The van der Waals surface area contributed by atoms with Gasteiger partial charge in [0.15, 0.2) is 0 Å². The zero-order valence-corrected chi connectivity index (χ0v) is 15.5. The van der Waals surface area contributed by atoms with E-state index in [2.05, 4.69) is 10.6 Å². The van der Waals surface area contributed by atoms with Gasteiger partial charge in [-0.05, 0) is 18.2 Å². The molecule has 10 heteroatoms. The molecule has 26 heavy (non-hydrogen) atoms. The van der Waals surface area contributed by atoms with Crippen molar-refractivity contribution in [2.75, 3.05) is 26.2 Å². The molecule has 1 rings (SSSR count). The predicted molar refractivity (Wildman–Crippen MR) is 94.1 cm³/mol. The Hall–Kier alpha value is -2.46. The fourth-order valence-corrected chi connectivity index (χ4v) is 3.65. The summed E-state index contributed by atoms with van der Waals surface area (Å²) < 4.78 is 26.3. The van der Waals surface area contributed by atoms with Gasteiger partial charge in [0.1, 0.15) is 0 Å². The molecule has 0 radical (unpaired) electrons. The molecule has 1 aromatic rings. The molecule has 0 spiro atoms. The Bertz CT molecular complexity index is 759. The number of hydrogen-bond acceptors (Lipinski definition) is 5. The third-order valence-corrected chi connectivity index (χ3v) is 5.56. The molecule has 0 saturated carbocycles. The van der Waals surface area contributed by atoms with Crippen molar-refractivity contribution in [3.8, 4) is 0 Å². The zero-order valence-electron chi connectivity index (χ0n) is 14.7. The highest BCUT2D eigenvalue weighted by molar-refractivity contribution is 7.89. The predicted octanol–water partition coefficient (Wildman–Crippen LogP) is 0.0378. The van der Waals surface area contributed by atoms with Crippen molar-refractivity contribution in [2.45, 2.75) is 25.2 Å². The van der Waals surface area contributed by atoms with Crippen LogP contribution in [0, 0.1) is 0 Å². The third-order valence-electron chi connectivity index (χ3n) is 3.51. The van der Waals surface area contributed by atoms with Crippen LogP contribution in [-0.4, -0.2) is 61.8 Å². The monoisotopic (exact) mass is 385 g/mol. The molecule has 144 valence electrons. The highest BCUT2D eigenvalue weighted by Gasteiger charge is 2.22. The second kappa shape index (κ2) is 9.88. The quantitative estimate of drug-likeness (QED) is 0.521. The van der Waals surface area contributed by atoms with Gasteiger partial charge in [0.2, 0.25) is 15.9 Å². The molecule has 0 atom stereocenters. The first-order valence-electron chi connectivity index (χ1n) is 8.09. The lowest BCUT2D eigenvalue weighted by molar-refractivity contribution is -0.136. The van der Waals surface area contributed by atoms with Gasteiger partial charge in [0.25, 0.3) is 5.91 Å². The molecule has 0 aliphatic rings. The van der Waals surface area contributed by atoms with Crippen LogP contribution in [0.15, 0.2) is 29.2 Å². The summed E-state index contributed by atoms with van der Waals surface area (Å²) in [4.78, 5) is 34.0. The van der Waals surface area contributed by atoms with E-state index in [1.54, 1.807) is 13.8 Å². The minimum absolute atomic E-state index is 0.000222. The molecule has 2 amide bonds. The molecular weight excluding hydrogens is 362 g/mol. The van der Waals surface area contributed by atoms with E-state index in [0.717, 1.165) is 0 Å². The van der Waals surface area contributed by atoms with Gasteiger partial charge >= 0.3 is 5.97 Å². The largest absolute Gasteiger partial charge is 0.481 e. The van der Waals surface area contributed by atoms with Crippen molar-refractivity contribution in [1.82, 2.24) is 14.9 Å². The first-order chi connectivity index (χ1) is 12.2. The Morgan fingerprint density at radius 2 is 1.77 bits per heavy atom. The van der Waals surface area contributed by atoms with Gasteiger partial charge in [-0.2, -0.15) is 4.31 Å². The number of carboxylic acids is 1. The molecule has 0 heterocycles. The van der Waals surface area contributed by atoms with E-state index >= 15 is 0 Å². The fraction of sp³-hybridized carbons (Fsp3) is 0.438. The van der Waals surface area contributed by atoms with Crippen LogP contribution in [0.4, 0.5) is 0 Å². The molecule has 9 nitrogen and oxygen atoms in total. The van der Waals surface area contributed by atoms with Gasteiger partial charge < -0.3 is 15.7 Å². The number of carbonyl (C=O) groups is 3. The molecule has 0 aromatic heterocycles. The first-order valence-corrected chi connectivity index (χ1v) is 9.53. The number of rotatable bonds is 10. The van der Waals surface area contributed by atoms with Crippen molar-refractivity contribution < 1.29 is 27.9 Å². The third kappa shape index (κ3) is 6.12. The number of carbonyl (C=O) groups excluding carboxylic acids is 2. The van der Waals surface area contributed by atoms with E-state index in [9.17, 15) is 22.8 Å². The van der Waals surface area contributed by atoms with Gasteiger partial charge in [-0.25, -0.2) is 8.42 Å². The number of benzene rings is 1. The molecule has 0 aliphatic heterocycles. The average molecular weight is 385 g/mol. The van der Waals surface area contributed by atoms with Crippen molar-refractivity contribution in [2.24, 2.45) is 0 Å². The smallest absolute Gasteiger partial charge is 0.305 e. The molecule has 0 aliphatic carbocycles. The van der Waals surface area contributed by atoms with Gasteiger partial charge in [-0.3, -0.25) is 14.4 Å². The van der Waals surface area contributed by atoms with Crippen LogP contribution in [0.1, 0.15) is 30.6 Å². The van der Waals surface area contributed by atoms with Gasteiger partial charge in [0, 0.05) is 25.2 Å². The number of nitrogens with zero attached hydrogens (tertiary/aromatic N) is 1. The summed E-state index contributed by atoms with van der Waals surface area (Å²) in [5.41, 5.74) is 0.108. The lowest BCUT2D eigenvalue weighted by Crippen LogP contribution is -2.37. The first kappa shape index (κ1) is 21.6. The van der Waals surface area contributed by atoms with Crippen LogP contribution in [0.25, 0.3) is 0 Å². The Kier molecular flexibility index (Phi) is 8.20. The van der Waals surface area contributed by atoms with Crippen molar-refractivity contribution in [3.05, 3.63) is 29.8 Å². The van der Waals surface area contributed by atoms with Crippen LogP contribution < -0.4 is 10.6 Å². The zero-order chi connectivity index (χ0) is 19.7. The van der Waals surface area contributed by atoms with Crippen molar-refractivity contribution >= 4 is 27.8 Å². The SMILES string of the molecule is CCN(CC)S(=O)(=O)c1cccc(C(=O)NCC(=O)NCCC(=O)O)c1. The van der Waals surface area contributed by atoms with E-state index in [1.807, 2.05) is 0 Å². The van der Waals surface area contributed by atoms with Crippen LogP contribution in [0.5, 0.6) is 0 Å². The van der Waals surface area contributed by atoms with E-state index in [1.165, 1.54) is 28.6 Å². The summed E-state index contributed by atoms with van der Waals surface area (Å²) in [6.07, 6.45) is -0.217. The maximum absolute atomic E-state index is 12.5. The summed E-state index contributed by atoms with van der Waals surface area (Å²) in [6, 6.07) is 5.56. The number of nitrogens with one attached hydrogen (secondary N) is 2. The summed E-state index contributed by atoms with van der Waals surface area (Å²) >= 11 is 0. The van der Waals surface area contributed by atoms with Crippen molar-refractivity contribution in [3.63, 3.8) is 0 Å². The number of amides is 2. The van der Waals surface area contributed by atoms with E-state index in [4.69, 9.17) is 5.11 Å². The summed E-state index contributed by atoms with van der Waals surface area (Å²) in [7, 11) is -3.69. The molecule has 1 aromatic carbocycles. The summed E-state index contributed by atoms with van der Waals surface area (Å²) in [5.74, 6) is -2.18. The molecular formula is C16H23N3O6S. The lowest BCUT2D eigenvalue weighted by Gasteiger charge is -2.18. The van der Waals surface area contributed by atoms with Crippen molar-refractivity contribution in [1.29, 1.82) is 0 Å². The van der Waals surface area contributed by atoms with Crippen LogP contribution in [-0.2, 0) is 19.6 Å². The van der Waals surface area contributed by atoms with Crippen LogP contribution in [0.2, 0.25) is 0 Å². The summed E-state index contributed by atoms with van der Waals surface area (Å²) in [6.45, 7) is 3.69. The lowest BCUT2D eigenvalue weighted by atomic mass is 10.2. The highest BCUT2D eigenvalue weighted by atomic mass is 32.2. The Morgan fingerprint density at radius 3 is 2.35 bits per heavy atom. The van der Waals surface area contributed by atoms with Gasteiger partial charge in [-0.15, -0.1) is 0 Å². The minimum atomic E-state index is -3.69. The number of sulfonamides is 1. The van der Waals surface area contributed by atoms with E-state index in [-0.39, 0.29) is 30.0 Å². The minimum Gasteiger partial charge on any atom is -0.481 e. The van der Waals surface area contributed by atoms with Gasteiger partial charge in [-0.1, -0.05) is 19.9 Å². The molecule has 0 saturated heterocycles. The maximum atomic E-state index is 12.5. The van der Waals surface area contributed by atoms with Crippen LogP contribution in [0.3, 0.4) is 0 Å². The molecule has 0 unspecified atom stereocenters. The second-order valence-corrected chi connectivity index (χ2v) is 7.23. The average Bonchev–Trinajstić information content (AvgIpc) is 2.60. The normalized spacial score (nSPS) is 11.2. The standard InChI is InChI=1S/C16H23N3O6S/c1-3-19(4-2)26(24,25)13-7-5-6-12(10-13)16(23)18-11-14(20)17-9-8-15(21)22/h5-7,10H,3-4,8-9,11H2,1-2H3,(H,17,20)(H,18,23)(H,21,22). The topological polar surface area (TPSA) is 133 Å². The second-order valence-electron chi connectivity index (χ2n) is 5.29. The maximum Gasteiger partial charge on any atom is 0.305 e. The van der Waals surface area contributed by atoms with E-state index in [0.29, 0.717) is 13.1 Å². The Balaban J connectivity index is 2.74. The number of carboxylic acid groups (broad SMARTS) is 1. The number of aliphatic carboxylic acids is 1. The Morgan fingerprint density at radius 1 is 1.12 bits per heavy atom. The molecule has 3 N–H and O–H groups in total. The fourth-order valence-electron chi connectivity index (χ4n) is 2.14.